The molecule has 0 aliphatic carbocycles. The molecule has 3 heteroatoms. The van der Waals surface area contributed by atoms with Crippen molar-refractivity contribution in [3.63, 3.8) is 0 Å². The van der Waals surface area contributed by atoms with Crippen LogP contribution in [-0.2, 0) is 13.0 Å². The number of aryl methyl sites for hydroxylation is 2. The highest BCUT2D eigenvalue weighted by atomic mass is 15.1. The molecule has 0 amide bonds. The summed E-state index contributed by atoms with van der Waals surface area (Å²) < 4.78 is 0. The zero-order valence-corrected chi connectivity index (χ0v) is 12.4. The van der Waals surface area contributed by atoms with Crippen LogP contribution in [0.5, 0.6) is 0 Å². The van der Waals surface area contributed by atoms with Crippen LogP contribution in [0.25, 0.3) is 5.57 Å². The molecule has 2 aromatic rings. The van der Waals surface area contributed by atoms with Gasteiger partial charge in [-0.1, -0.05) is 12.1 Å². The second-order valence-corrected chi connectivity index (χ2v) is 6.16. The lowest BCUT2D eigenvalue weighted by Crippen LogP contribution is -2.26. The molecule has 0 saturated carbocycles. The molecule has 4 N–H and O–H groups in total. The fourth-order valence-corrected chi connectivity index (χ4v) is 3.38. The molecule has 4 rings (SSSR count). The minimum atomic E-state index is 0.866. The first-order valence-corrected chi connectivity index (χ1v) is 7.28. The van der Waals surface area contributed by atoms with Gasteiger partial charge in [-0.15, -0.1) is 0 Å². The largest absolute Gasteiger partial charge is 0.398 e. The van der Waals surface area contributed by atoms with Crippen LogP contribution in [0.4, 0.5) is 17.1 Å². The van der Waals surface area contributed by atoms with Crippen molar-refractivity contribution in [3.8, 4) is 0 Å². The monoisotopic (exact) mass is 277 g/mol. The Kier molecular flexibility index (Phi) is 2.37. The summed E-state index contributed by atoms with van der Waals surface area (Å²) >= 11 is 0. The van der Waals surface area contributed by atoms with Gasteiger partial charge in [-0.25, -0.2) is 0 Å². The lowest BCUT2D eigenvalue weighted by molar-refractivity contribution is 0.907. The normalized spacial score (nSPS) is 15.3. The number of nitrogen functional groups attached to an aromatic ring is 2. The number of hydrogen-bond donors (Lipinski definition) is 2. The molecule has 106 valence electrons. The zero-order chi connectivity index (χ0) is 14.7. The van der Waals surface area contributed by atoms with Crippen LogP contribution in [0, 0.1) is 13.8 Å². The van der Waals surface area contributed by atoms with Gasteiger partial charge in [-0.2, -0.15) is 0 Å². The maximum Gasteiger partial charge on any atom is 0.0482 e. The van der Waals surface area contributed by atoms with Crippen molar-refractivity contribution in [2.45, 2.75) is 26.8 Å². The third-order valence-corrected chi connectivity index (χ3v) is 4.65. The van der Waals surface area contributed by atoms with E-state index in [-0.39, 0.29) is 0 Å². The van der Waals surface area contributed by atoms with Gasteiger partial charge in [-0.05, 0) is 59.4 Å². The molecule has 21 heavy (non-hydrogen) atoms. The van der Waals surface area contributed by atoms with E-state index in [1.165, 1.54) is 28.0 Å². The molecule has 0 unspecified atom stereocenters. The van der Waals surface area contributed by atoms with E-state index in [1.807, 2.05) is 0 Å². The third kappa shape index (κ3) is 1.74. The van der Waals surface area contributed by atoms with Crippen molar-refractivity contribution in [3.05, 3.63) is 58.3 Å². The number of allylic oxidation sites excluding steroid dienone is 1. The minimum absolute atomic E-state index is 0.866. The van der Waals surface area contributed by atoms with Crippen LogP contribution < -0.4 is 16.4 Å². The Bertz CT molecular complexity index is 803. The molecule has 0 spiro atoms. The van der Waals surface area contributed by atoms with Crippen molar-refractivity contribution in [2.24, 2.45) is 0 Å². The average molecular weight is 277 g/mol. The van der Waals surface area contributed by atoms with E-state index >= 15 is 0 Å². The van der Waals surface area contributed by atoms with E-state index in [0.29, 0.717) is 0 Å². The molecule has 2 aromatic carbocycles. The molecule has 0 atom stereocenters. The van der Waals surface area contributed by atoms with Gasteiger partial charge in [0, 0.05) is 36.2 Å². The Morgan fingerprint density at radius 2 is 1.57 bits per heavy atom. The van der Waals surface area contributed by atoms with Crippen molar-refractivity contribution in [2.75, 3.05) is 16.4 Å². The summed E-state index contributed by atoms with van der Waals surface area (Å²) in [5, 5.41) is 0. The van der Waals surface area contributed by atoms with Gasteiger partial charge in [0.05, 0.1) is 0 Å². The number of benzene rings is 2. The molecule has 0 aromatic heterocycles. The number of nitrogens with zero attached hydrogens (tertiary/aromatic N) is 1. The Balaban J connectivity index is 1.88. The van der Waals surface area contributed by atoms with Gasteiger partial charge in [0.25, 0.3) is 0 Å². The summed E-state index contributed by atoms with van der Waals surface area (Å²) in [6.07, 6.45) is 3.19. The molecule has 2 bridgehead atoms. The van der Waals surface area contributed by atoms with Crippen LogP contribution in [0.15, 0.2) is 30.5 Å². The standard InChI is InChI=1S/C18H19N3/c1-10-3-12-5-14-9-21(18(12)7-17(10)20)8-13-4-11(2)16(19)6-15(13)14/h3-4,6-7,9H,5,8,19-20H2,1-2H3. The van der Waals surface area contributed by atoms with Gasteiger partial charge < -0.3 is 16.4 Å². The number of hydrogen-bond acceptors (Lipinski definition) is 3. The second-order valence-electron chi connectivity index (χ2n) is 6.16. The number of nitrogens with two attached hydrogens (primary N) is 2. The van der Waals surface area contributed by atoms with Gasteiger partial charge in [0.1, 0.15) is 0 Å². The lowest BCUT2D eigenvalue weighted by atomic mass is 9.86. The topological polar surface area (TPSA) is 55.3 Å². The van der Waals surface area contributed by atoms with Crippen molar-refractivity contribution < 1.29 is 0 Å². The fourth-order valence-electron chi connectivity index (χ4n) is 3.38. The van der Waals surface area contributed by atoms with Gasteiger partial charge in [0.2, 0.25) is 0 Å². The predicted octanol–water partition coefficient (Wildman–Crippen LogP) is 3.39. The predicted molar refractivity (Wildman–Crippen MR) is 89.0 cm³/mol. The molecular formula is C18H19N3. The Morgan fingerprint density at radius 3 is 2.33 bits per heavy atom. The molecule has 2 aliphatic rings. The number of anilines is 3. The molecular weight excluding hydrogens is 258 g/mol. The smallest absolute Gasteiger partial charge is 0.0482 e. The highest BCUT2D eigenvalue weighted by molar-refractivity contribution is 5.84. The maximum absolute atomic E-state index is 6.09. The minimum Gasteiger partial charge on any atom is -0.398 e. The van der Waals surface area contributed by atoms with Gasteiger partial charge in [-0.3, -0.25) is 0 Å². The number of rotatable bonds is 0. The number of fused-ring (bicyclic) bond motifs is 5. The van der Waals surface area contributed by atoms with Crippen molar-refractivity contribution >= 4 is 22.6 Å². The summed E-state index contributed by atoms with van der Waals surface area (Å²) in [6, 6.07) is 8.66. The second kappa shape index (κ2) is 4.04. The molecule has 2 aliphatic heterocycles. The van der Waals surface area contributed by atoms with Crippen LogP contribution in [0.1, 0.15) is 27.8 Å². The van der Waals surface area contributed by atoms with E-state index in [2.05, 4.69) is 49.2 Å². The first-order chi connectivity index (χ1) is 10.0. The molecule has 0 radical (unpaired) electrons. The van der Waals surface area contributed by atoms with Gasteiger partial charge in [0.15, 0.2) is 0 Å². The summed E-state index contributed by atoms with van der Waals surface area (Å²) in [4.78, 5) is 2.31. The summed E-state index contributed by atoms with van der Waals surface area (Å²) in [6.45, 7) is 5.02. The lowest BCUT2D eigenvalue weighted by Gasteiger charge is -2.35. The molecule has 2 heterocycles. The molecule has 0 fully saturated rings. The van der Waals surface area contributed by atoms with Crippen molar-refractivity contribution in [1.82, 2.24) is 0 Å². The Morgan fingerprint density at radius 1 is 0.905 bits per heavy atom. The summed E-state index contributed by atoms with van der Waals surface area (Å²) in [5.41, 5.74) is 22.8. The SMILES string of the molecule is Cc1cc2c(cc1N)C1=CN(C2)c2cc(N)c(C)cc2C1. The summed E-state index contributed by atoms with van der Waals surface area (Å²) in [5.74, 6) is 0. The van der Waals surface area contributed by atoms with Crippen LogP contribution in [0.3, 0.4) is 0 Å². The van der Waals surface area contributed by atoms with Crippen LogP contribution >= 0.6 is 0 Å². The zero-order valence-electron chi connectivity index (χ0n) is 12.4. The Labute approximate surface area is 124 Å². The molecule has 3 nitrogen and oxygen atoms in total. The quantitative estimate of drug-likeness (QED) is 0.726. The summed E-state index contributed by atoms with van der Waals surface area (Å²) in [7, 11) is 0. The Hall–Kier alpha value is -2.42. The first kappa shape index (κ1) is 12.3. The van der Waals surface area contributed by atoms with E-state index in [4.69, 9.17) is 11.5 Å². The van der Waals surface area contributed by atoms with Crippen LogP contribution in [-0.4, -0.2) is 0 Å². The van der Waals surface area contributed by atoms with E-state index in [1.54, 1.807) is 0 Å². The molecule has 0 saturated heterocycles. The highest BCUT2D eigenvalue weighted by Crippen LogP contribution is 2.41. The van der Waals surface area contributed by atoms with E-state index in [0.717, 1.165) is 35.5 Å². The van der Waals surface area contributed by atoms with Gasteiger partial charge >= 0.3 is 0 Å². The maximum atomic E-state index is 6.09. The highest BCUT2D eigenvalue weighted by Gasteiger charge is 2.26. The van der Waals surface area contributed by atoms with E-state index in [9.17, 15) is 0 Å². The third-order valence-electron chi connectivity index (χ3n) is 4.65. The average Bonchev–Trinajstić information content (AvgIpc) is 2.44. The van der Waals surface area contributed by atoms with Crippen molar-refractivity contribution in [1.29, 1.82) is 0 Å². The first-order valence-electron chi connectivity index (χ1n) is 7.28. The fraction of sp³-hybridized carbons (Fsp3) is 0.222. The van der Waals surface area contributed by atoms with Crippen LogP contribution in [0.2, 0.25) is 0 Å². The van der Waals surface area contributed by atoms with E-state index < -0.39 is 0 Å².